The van der Waals surface area contributed by atoms with E-state index in [2.05, 4.69) is 4.90 Å². The Morgan fingerprint density at radius 2 is 1.79 bits per heavy atom. The number of morpholine rings is 1. The number of hydrogen-bond donors (Lipinski definition) is 0. The van der Waals surface area contributed by atoms with Gasteiger partial charge in [0.2, 0.25) is 11.8 Å². The molecule has 6 nitrogen and oxygen atoms in total. The molecule has 6 heteroatoms. The van der Waals surface area contributed by atoms with Gasteiger partial charge in [0.15, 0.2) is 0 Å². The van der Waals surface area contributed by atoms with Gasteiger partial charge in [0, 0.05) is 39.6 Å². The maximum Gasteiger partial charge on any atom is 0.236 e. The molecule has 1 atom stereocenters. The molecule has 2 heterocycles. The van der Waals surface area contributed by atoms with Crippen LogP contribution in [0.15, 0.2) is 30.3 Å². The Morgan fingerprint density at radius 1 is 1.08 bits per heavy atom. The van der Waals surface area contributed by atoms with Crippen molar-refractivity contribution in [2.75, 3.05) is 52.5 Å². The average Bonchev–Trinajstić information content (AvgIpc) is 2.62. The van der Waals surface area contributed by atoms with Crippen LogP contribution in [0, 0.1) is 0 Å². The zero-order valence-corrected chi connectivity index (χ0v) is 14.2. The monoisotopic (exact) mass is 331 g/mol. The fourth-order valence-corrected chi connectivity index (χ4v) is 3.40. The molecule has 130 valence electrons. The van der Waals surface area contributed by atoms with E-state index in [1.807, 2.05) is 40.1 Å². The highest BCUT2D eigenvalue weighted by molar-refractivity contribution is 5.79. The minimum atomic E-state index is -0.0638. The molecular weight excluding hydrogens is 306 g/mol. The van der Waals surface area contributed by atoms with Gasteiger partial charge in [0.05, 0.1) is 25.8 Å². The first-order chi connectivity index (χ1) is 11.6. The highest BCUT2D eigenvalue weighted by Crippen LogP contribution is 2.25. The summed E-state index contributed by atoms with van der Waals surface area (Å²) in [5.74, 6) is 0.199. The lowest BCUT2D eigenvalue weighted by Crippen LogP contribution is -2.54. The van der Waals surface area contributed by atoms with Gasteiger partial charge in [-0.25, -0.2) is 0 Å². The van der Waals surface area contributed by atoms with Crippen LogP contribution in [0.4, 0.5) is 0 Å². The van der Waals surface area contributed by atoms with Gasteiger partial charge in [0.25, 0.3) is 0 Å². The molecule has 2 amide bonds. The summed E-state index contributed by atoms with van der Waals surface area (Å²) in [7, 11) is 0. The zero-order valence-electron chi connectivity index (χ0n) is 14.2. The lowest BCUT2D eigenvalue weighted by molar-refractivity contribution is -0.143. The number of rotatable bonds is 3. The third-order valence-corrected chi connectivity index (χ3v) is 4.78. The number of piperazine rings is 1. The molecule has 2 fully saturated rings. The predicted octanol–water partition coefficient (Wildman–Crippen LogP) is 0.751. The Bertz CT molecular complexity index is 572. The lowest BCUT2D eigenvalue weighted by atomic mass is 10.0. The second-order valence-corrected chi connectivity index (χ2v) is 6.37. The van der Waals surface area contributed by atoms with Crippen LogP contribution in [0.2, 0.25) is 0 Å². The highest BCUT2D eigenvalue weighted by atomic mass is 16.5. The molecule has 1 aromatic rings. The van der Waals surface area contributed by atoms with Crippen LogP contribution < -0.4 is 0 Å². The van der Waals surface area contributed by atoms with E-state index in [4.69, 9.17) is 4.74 Å². The largest absolute Gasteiger partial charge is 0.379 e. The first kappa shape index (κ1) is 16.9. The molecule has 3 rings (SSSR count). The fraction of sp³-hybridized carbons (Fsp3) is 0.556. The fourth-order valence-electron chi connectivity index (χ4n) is 3.40. The lowest BCUT2D eigenvalue weighted by Gasteiger charge is -2.42. The number of benzene rings is 1. The Hall–Kier alpha value is -1.92. The van der Waals surface area contributed by atoms with Crippen molar-refractivity contribution in [3.05, 3.63) is 35.9 Å². The number of carbonyl (C=O) groups is 2. The molecule has 2 aliphatic heterocycles. The summed E-state index contributed by atoms with van der Waals surface area (Å²) in [6, 6.07) is 9.90. The second-order valence-electron chi connectivity index (χ2n) is 6.37. The second kappa shape index (κ2) is 7.77. The van der Waals surface area contributed by atoms with E-state index >= 15 is 0 Å². The molecule has 0 spiro atoms. The van der Waals surface area contributed by atoms with Gasteiger partial charge >= 0.3 is 0 Å². The molecule has 2 saturated heterocycles. The van der Waals surface area contributed by atoms with Crippen LogP contribution in [0.1, 0.15) is 18.5 Å². The number of amides is 2. The van der Waals surface area contributed by atoms with E-state index < -0.39 is 0 Å². The topological polar surface area (TPSA) is 53.1 Å². The molecule has 0 N–H and O–H groups in total. The zero-order chi connectivity index (χ0) is 16.9. The Labute approximate surface area is 143 Å². The van der Waals surface area contributed by atoms with Gasteiger partial charge in [-0.1, -0.05) is 30.3 Å². The summed E-state index contributed by atoms with van der Waals surface area (Å²) in [5.41, 5.74) is 1.08. The molecule has 0 aliphatic carbocycles. The Balaban J connectivity index is 1.68. The van der Waals surface area contributed by atoms with Gasteiger partial charge in [-0.3, -0.25) is 14.5 Å². The van der Waals surface area contributed by atoms with Gasteiger partial charge in [-0.15, -0.1) is 0 Å². The molecule has 1 aromatic carbocycles. The molecule has 0 saturated carbocycles. The molecule has 24 heavy (non-hydrogen) atoms. The van der Waals surface area contributed by atoms with E-state index in [1.165, 1.54) is 0 Å². The van der Waals surface area contributed by atoms with Gasteiger partial charge in [-0.2, -0.15) is 0 Å². The van der Waals surface area contributed by atoms with Gasteiger partial charge < -0.3 is 14.5 Å². The molecule has 2 aliphatic rings. The SMILES string of the molecule is CC(=O)N1CCN(C(=O)CN2CCOCC2)CC1c1ccccc1. The normalized spacial score (nSPS) is 22.5. The standard InChI is InChI=1S/C18H25N3O3/c1-15(22)21-8-7-20(13-17(21)16-5-3-2-4-6-16)18(23)14-19-9-11-24-12-10-19/h2-6,17H,7-14H2,1H3. The van der Waals surface area contributed by atoms with E-state index in [0.717, 1.165) is 18.7 Å². The van der Waals surface area contributed by atoms with Crippen LogP contribution in [-0.2, 0) is 14.3 Å². The summed E-state index contributed by atoms with van der Waals surface area (Å²) < 4.78 is 5.33. The van der Waals surface area contributed by atoms with Crippen LogP contribution in [0.25, 0.3) is 0 Å². The first-order valence-electron chi connectivity index (χ1n) is 8.55. The van der Waals surface area contributed by atoms with Crippen molar-refractivity contribution in [3.8, 4) is 0 Å². The maximum atomic E-state index is 12.7. The van der Waals surface area contributed by atoms with Crippen molar-refractivity contribution in [2.45, 2.75) is 13.0 Å². The van der Waals surface area contributed by atoms with Gasteiger partial charge in [0.1, 0.15) is 0 Å². The number of carbonyl (C=O) groups excluding carboxylic acids is 2. The minimum absolute atomic E-state index is 0.0594. The third kappa shape index (κ3) is 3.94. The van der Waals surface area contributed by atoms with Crippen molar-refractivity contribution in [1.29, 1.82) is 0 Å². The van der Waals surface area contributed by atoms with Crippen molar-refractivity contribution < 1.29 is 14.3 Å². The summed E-state index contributed by atoms with van der Waals surface area (Å²) in [6.07, 6.45) is 0. The first-order valence-corrected chi connectivity index (χ1v) is 8.55. The quantitative estimate of drug-likeness (QED) is 0.820. The van der Waals surface area contributed by atoms with Crippen LogP contribution in [-0.4, -0.2) is 79.0 Å². The van der Waals surface area contributed by atoms with Crippen LogP contribution in [0.5, 0.6) is 0 Å². The minimum Gasteiger partial charge on any atom is -0.379 e. The number of ether oxygens (including phenoxy) is 1. The molecular formula is C18H25N3O3. The van der Waals surface area contributed by atoms with E-state index in [0.29, 0.717) is 39.4 Å². The molecule has 0 bridgehead atoms. The maximum absolute atomic E-state index is 12.7. The van der Waals surface area contributed by atoms with Crippen molar-refractivity contribution in [2.24, 2.45) is 0 Å². The van der Waals surface area contributed by atoms with E-state index in [9.17, 15) is 9.59 Å². The molecule has 0 aromatic heterocycles. The summed E-state index contributed by atoms with van der Waals surface area (Å²) in [4.78, 5) is 30.5. The van der Waals surface area contributed by atoms with E-state index in [1.54, 1.807) is 6.92 Å². The molecule has 0 radical (unpaired) electrons. The highest BCUT2D eigenvalue weighted by Gasteiger charge is 2.32. The number of nitrogens with zero attached hydrogens (tertiary/aromatic N) is 3. The number of hydrogen-bond acceptors (Lipinski definition) is 4. The third-order valence-electron chi connectivity index (χ3n) is 4.78. The van der Waals surface area contributed by atoms with Gasteiger partial charge in [-0.05, 0) is 5.56 Å². The van der Waals surface area contributed by atoms with Crippen LogP contribution >= 0.6 is 0 Å². The molecule has 1 unspecified atom stereocenters. The predicted molar refractivity (Wildman–Crippen MR) is 90.4 cm³/mol. The van der Waals surface area contributed by atoms with E-state index in [-0.39, 0.29) is 17.9 Å². The summed E-state index contributed by atoms with van der Waals surface area (Å²) in [6.45, 7) is 6.79. The summed E-state index contributed by atoms with van der Waals surface area (Å²) in [5, 5.41) is 0. The van der Waals surface area contributed by atoms with Crippen molar-refractivity contribution in [3.63, 3.8) is 0 Å². The smallest absolute Gasteiger partial charge is 0.236 e. The Morgan fingerprint density at radius 3 is 2.46 bits per heavy atom. The van der Waals surface area contributed by atoms with Crippen LogP contribution in [0.3, 0.4) is 0 Å². The summed E-state index contributed by atoms with van der Waals surface area (Å²) >= 11 is 0. The van der Waals surface area contributed by atoms with Crippen molar-refractivity contribution >= 4 is 11.8 Å². The Kier molecular flexibility index (Phi) is 5.48. The van der Waals surface area contributed by atoms with Crippen molar-refractivity contribution in [1.82, 2.24) is 14.7 Å². The average molecular weight is 331 g/mol.